The Morgan fingerprint density at radius 1 is 1.14 bits per heavy atom. The van der Waals surface area contributed by atoms with Gasteiger partial charge in [-0.3, -0.25) is 9.59 Å². The van der Waals surface area contributed by atoms with Crippen molar-refractivity contribution in [3.05, 3.63) is 64.8 Å². The fourth-order valence-corrected chi connectivity index (χ4v) is 4.20. The monoisotopic (exact) mass is 538 g/mol. The van der Waals surface area contributed by atoms with Crippen LogP contribution in [0.5, 0.6) is 5.75 Å². The number of methoxy groups -OCH3 is 1. The molecule has 1 aliphatic heterocycles. The third-order valence-corrected chi connectivity index (χ3v) is 6.03. The molecule has 10 heteroatoms. The fourth-order valence-electron chi connectivity index (χ4n) is 3.81. The first-order valence-electron chi connectivity index (χ1n) is 11.3. The summed E-state index contributed by atoms with van der Waals surface area (Å²) in [7, 11) is 1.63. The third kappa shape index (κ3) is 6.48. The summed E-state index contributed by atoms with van der Waals surface area (Å²) < 4.78 is 6.07. The van der Waals surface area contributed by atoms with Crippen LogP contribution in [0.2, 0.25) is 0 Å². The molecule has 3 aromatic rings. The van der Waals surface area contributed by atoms with Gasteiger partial charge in [-0.15, -0.1) is 0 Å². The van der Waals surface area contributed by atoms with Crippen molar-refractivity contribution in [1.29, 1.82) is 0 Å². The number of halogens is 1. The average Bonchev–Trinajstić information content (AvgIpc) is 3.23. The van der Waals surface area contributed by atoms with E-state index in [0.29, 0.717) is 31.4 Å². The SMILES string of the molecule is COc1ccc(Nc2cc(C)nc(NCCNC(=O)C3CC(=O)N(c4cccc(Br)c4)C3)n2)cc1. The number of aryl methyl sites for hydroxylation is 1. The molecule has 1 fully saturated rings. The lowest BCUT2D eigenvalue weighted by Gasteiger charge is -2.17. The predicted molar refractivity (Wildman–Crippen MR) is 139 cm³/mol. The maximum atomic E-state index is 12.6. The highest BCUT2D eigenvalue weighted by molar-refractivity contribution is 9.10. The number of ether oxygens (including phenoxy) is 1. The van der Waals surface area contributed by atoms with Crippen molar-refractivity contribution in [3.8, 4) is 5.75 Å². The van der Waals surface area contributed by atoms with Crippen molar-refractivity contribution in [2.24, 2.45) is 5.92 Å². The molecule has 0 spiro atoms. The van der Waals surface area contributed by atoms with E-state index in [1.807, 2.05) is 61.5 Å². The molecule has 2 amide bonds. The van der Waals surface area contributed by atoms with Crippen molar-refractivity contribution in [3.63, 3.8) is 0 Å². The zero-order chi connectivity index (χ0) is 24.8. The molecule has 182 valence electrons. The summed E-state index contributed by atoms with van der Waals surface area (Å²) in [5.41, 5.74) is 2.47. The van der Waals surface area contributed by atoms with E-state index in [2.05, 4.69) is 41.8 Å². The molecule has 2 heterocycles. The van der Waals surface area contributed by atoms with Crippen LogP contribution in [0.15, 0.2) is 59.1 Å². The molecule has 0 bridgehead atoms. The number of anilines is 4. The second-order valence-corrected chi connectivity index (χ2v) is 9.09. The minimum absolute atomic E-state index is 0.0496. The first kappa shape index (κ1) is 24.5. The number of amides is 2. The van der Waals surface area contributed by atoms with E-state index >= 15 is 0 Å². The lowest BCUT2D eigenvalue weighted by atomic mass is 10.1. The number of hydrogen-bond acceptors (Lipinski definition) is 7. The second kappa shape index (κ2) is 11.2. The Morgan fingerprint density at radius 2 is 1.94 bits per heavy atom. The predicted octanol–water partition coefficient (Wildman–Crippen LogP) is 3.88. The summed E-state index contributed by atoms with van der Waals surface area (Å²) in [6, 6.07) is 16.9. The zero-order valence-electron chi connectivity index (χ0n) is 19.5. The van der Waals surface area contributed by atoms with Crippen LogP contribution < -0.4 is 25.6 Å². The van der Waals surface area contributed by atoms with Crippen LogP contribution >= 0.6 is 15.9 Å². The number of carbonyl (C=O) groups excluding carboxylic acids is 2. The summed E-state index contributed by atoms with van der Waals surface area (Å²) in [6.07, 6.45) is 0.202. The molecule has 1 atom stereocenters. The Labute approximate surface area is 212 Å². The lowest BCUT2D eigenvalue weighted by molar-refractivity contribution is -0.126. The van der Waals surface area contributed by atoms with Gasteiger partial charge in [0.05, 0.1) is 13.0 Å². The van der Waals surface area contributed by atoms with Crippen LogP contribution in [0, 0.1) is 12.8 Å². The average molecular weight is 539 g/mol. The standard InChI is InChI=1S/C25H27BrN6O3/c1-16-12-22(30-19-6-8-21(35-2)9-7-19)31-25(29-16)28-11-10-27-24(34)17-13-23(33)32(15-17)20-5-3-4-18(26)14-20/h3-9,12,14,17H,10-11,13,15H2,1-2H3,(H,27,34)(H2,28,29,30,31). The highest BCUT2D eigenvalue weighted by atomic mass is 79.9. The van der Waals surface area contributed by atoms with Gasteiger partial charge in [0.15, 0.2) is 0 Å². The minimum atomic E-state index is -0.378. The Kier molecular flexibility index (Phi) is 7.81. The Bertz CT molecular complexity index is 1200. The van der Waals surface area contributed by atoms with Crippen LogP contribution in [0.3, 0.4) is 0 Å². The van der Waals surface area contributed by atoms with Crippen molar-refractivity contribution < 1.29 is 14.3 Å². The van der Waals surface area contributed by atoms with Gasteiger partial charge in [-0.1, -0.05) is 22.0 Å². The van der Waals surface area contributed by atoms with Crippen LogP contribution in [0.4, 0.5) is 23.1 Å². The fraction of sp³-hybridized carbons (Fsp3) is 0.280. The number of benzene rings is 2. The topological polar surface area (TPSA) is 108 Å². The van der Waals surface area contributed by atoms with Crippen molar-refractivity contribution in [1.82, 2.24) is 15.3 Å². The molecule has 3 N–H and O–H groups in total. The maximum Gasteiger partial charge on any atom is 0.227 e. The highest BCUT2D eigenvalue weighted by Crippen LogP contribution is 2.27. The molecule has 0 radical (unpaired) electrons. The summed E-state index contributed by atoms with van der Waals surface area (Å²) in [5, 5.41) is 9.30. The van der Waals surface area contributed by atoms with Gasteiger partial charge < -0.3 is 25.6 Å². The Morgan fingerprint density at radius 3 is 2.69 bits per heavy atom. The van der Waals surface area contributed by atoms with E-state index < -0.39 is 0 Å². The van der Waals surface area contributed by atoms with Crippen LogP contribution in [0.25, 0.3) is 0 Å². The first-order chi connectivity index (χ1) is 16.9. The maximum absolute atomic E-state index is 12.6. The molecular weight excluding hydrogens is 512 g/mol. The smallest absolute Gasteiger partial charge is 0.227 e. The van der Waals surface area contributed by atoms with E-state index in [4.69, 9.17) is 4.74 Å². The molecule has 35 heavy (non-hydrogen) atoms. The number of nitrogens with one attached hydrogen (secondary N) is 3. The van der Waals surface area contributed by atoms with Crippen molar-refractivity contribution in [2.75, 3.05) is 42.3 Å². The van der Waals surface area contributed by atoms with Gasteiger partial charge in [0.25, 0.3) is 0 Å². The van der Waals surface area contributed by atoms with E-state index in [0.717, 1.165) is 27.3 Å². The molecule has 2 aromatic carbocycles. The summed E-state index contributed by atoms with van der Waals surface area (Å²) in [4.78, 5) is 35.6. The molecule has 1 unspecified atom stereocenters. The molecule has 9 nitrogen and oxygen atoms in total. The van der Waals surface area contributed by atoms with E-state index in [9.17, 15) is 9.59 Å². The normalized spacial score (nSPS) is 15.1. The van der Waals surface area contributed by atoms with E-state index in [1.165, 1.54) is 0 Å². The van der Waals surface area contributed by atoms with Crippen molar-refractivity contribution in [2.45, 2.75) is 13.3 Å². The number of hydrogen-bond donors (Lipinski definition) is 3. The van der Waals surface area contributed by atoms with Gasteiger partial charge in [0.2, 0.25) is 17.8 Å². The van der Waals surface area contributed by atoms with Crippen LogP contribution in [-0.4, -0.2) is 48.5 Å². The number of rotatable bonds is 9. The zero-order valence-corrected chi connectivity index (χ0v) is 21.1. The molecule has 1 saturated heterocycles. The second-order valence-electron chi connectivity index (χ2n) is 8.17. The summed E-state index contributed by atoms with van der Waals surface area (Å²) >= 11 is 3.42. The minimum Gasteiger partial charge on any atom is -0.497 e. The molecule has 4 rings (SSSR count). The molecular formula is C25H27BrN6O3. The van der Waals surface area contributed by atoms with Gasteiger partial charge in [-0.2, -0.15) is 4.98 Å². The van der Waals surface area contributed by atoms with Gasteiger partial charge in [0.1, 0.15) is 11.6 Å². The number of carbonyl (C=O) groups is 2. The Hall–Kier alpha value is -3.66. The van der Waals surface area contributed by atoms with Gasteiger partial charge >= 0.3 is 0 Å². The molecule has 1 aromatic heterocycles. The molecule has 0 aliphatic carbocycles. The third-order valence-electron chi connectivity index (χ3n) is 5.54. The van der Waals surface area contributed by atoms with E-state index in [-0.39, 0.29) is 24.2 Å². The van der Waals surface area contributed by atoms with Crippen LogP contribution in [0.1, 0.15) is 12.1 Å². The van der Waals surface area contributed by atoms with Crippen molar-refractivity contribution >= 4 is 50.9 Å². The quantitative estimate of drug-likeness (QED) is 0.354. The van der Waals surface area contributed by atoms with Crippen LogP contribution in [-0.2, 0) is 9.59 Å². The highest BCUT2D eigenvalue weighted by Gasteiger charge is 2.35. The van der Waals surface area contributed by atoms with E-state index in [1.54, 1.807) is 12.0 Å². The number of aromatic nitrogens is 2. The van der Waals surface area contributed by atoms with Gasteiger partial charge in [-0.05, 0) is 49.4 Å². The first-order valence-corrected chi connectivity index (χ1v) is 12.0. The summed E-state index contributed by atoms with van der Waals surface area (Å²) in [5.74, 6) is 1.34. The van der Waals surface area contributed by atoms with Gasteiger partial charge in [-0.25, -0.2) is 4.98 Å². The number of nitrogens with zero attached hydrogens (tertiary/aromatic N) is 3. The summed E-state index contributed by atoms with van der Waals surface area (Å²) in [6.45, 7) is 3.10. The largest absolute Gasteiger partial charge is 0.497 e. The molecule has 1 aliphatic rings. The lowest BCUT2D eigenvalue weighted by Crippen LogP contribution is -2.35. The molecule has 0 saturated carbocycles. The van der Waals surface area contributed by atoms with Gasteiger partial charge in [0, 0.05) is 53.7 Å². The Balaban J connectivity index is 1.26.